The number of nitrogens with zero attached hydrogens (tertiary/aromatic N) is 3. The van der Waals surface area contributed by atoms with E-state index < -0.39 is 0 Å². The topological polar surface area (TPSA) is 71.3 Å². The Bertz CT molecular complexity index is 541. The Morgan fingerprint density at radius 1 is 1.63 bits per heavy atom. The average Bonchev–Trinajstić information content (AvgIpc) is 3.07. The summed E-state index contributed by atoms with van der Waals surface area (Å²) in [7, 11) is 1.71. The van der Waals surface area contributed by atoms with Crippen molar-refractivity contribution in [1.82, 2.24) is 14.3 Å². The summed E-state index contributed by atoms with van der Waals surface area (Å²) in [5.41, 5.74) is 0. The van der Waals surface area contributed by atoms with Crippen LogP contribution in [-0.4, -0.2) is 33.6 Å². The molecule has 0 saturated carbocycles. The summed E-state index contributed by atoms with van der Waals surface area (Å²) in [6, 6.07) is 3.24. The number of nitrogens with one attached hydrogen (secondary N) is 1. The van der Waals surface area contributed by atoms with Gasteiger partial charge >= 0.3 is 6.03 Å². The van der Waals surface area contributed by atoms with Gasteiger partial charge < -0.3 is 9.32 Å². The standard InChI is InChI=1S/C11H14N4O2S2/c1-7(8-5-4-6-17-8)15(2)11(16)13-9-12-10(18-3)14-19-9/h4-7H,1-3H3,(H,12,13,14,16). The van der Waals surface area contributed by atoms with Crippen LogP contribution in [-0.2, 0) is 0 Å². The Balaban J connectivity index is 1.99. The average molecular weight is 298 g/mol. The van der Waals surface area contributed by atoms with Gasteiger partial charge in [0.15, 0.2) is 0 Å². The number of carbonyl (C=O) groups is 1. The van der Waals surface area contributed by atoms with Crippen LogP contribution in [0.1, 0.15) is 18.7 Å². The highest BCUT2D eigenvalue weighted by atomic mass is 32.2. The first kappa shape index (κ1) is 13.9. The van der Waals surface area contributed by atoms with Gasteiger partial charge in [-0.3, -0.25) is 5.32 Å². The van der Waals surface area contributed by atoms with E-state index in [1.54, 1.807) is 24.3 Å². The van der Waals surface area contributed by atoms with Crippen molar-refractivity contribution in [3.8, 4) is 0 Å². The highest BCUT2D eigenvalue weighted by Gasteiger charge is 2.20. The molecule has 0 aliphatic rings. The fourth-order valence-electron chi connectivity index (χ4n) is 1.42. The summed E-state index contributed by atoms with van der Waals surface area (Å²) in [5, 5.41) is 3.86. The van der Waals surface area contributed by atoms with Crippen molar-refractivity contribution >= 4 is 34.5 Å². The van der Waals surface area contributed by atoms with Crippen LogP contribution in [0.4, 0.5) is 9.93 Å². The van der Waals surface area contributed by atoms with Gasteiger partial charge in [0.2, 0.25) is 10.3 Å². The van der Waals surface area contributed by atoms with Gasteiger partial charge in [-0.15, -0.1) is 0 Å². The molecule has 2 aromatic rings. The molecule has 0 saturated heterocycles. The molecule has 2 aromatic heterocycles. The Kier molecular flexibility index (Phi) is 4.43. The molecule has 1 N–H and O–H groups in total. The van der Waals surface area contributed by atoms with Crippen LogP contribution in [0.25, 0.3) is 0 Å². The van der Waals surface area contributed by atoms with E-state index in [-0.39, 0.29) is 12.1 Å². The summed E-state index contributed by atoms with van der Waals surface area (Å²) < 4.78 is 9.37. The van der Waals surface area contributed by atoms with Crippen molar-refractivity contribution in [1.29, 1.82) is 0 Å². The number of carbonyl (C=O) groups excluding carboxylic acids is 1. The number of urea groups is 1. The summed E-state index contributed by atoms with van der Waals surface area (Å²) in [4.78, 5) is 17.8. The number of anilines is 1. The maximum absolute atomic E-state index is 12.1. The van der Waals surface area contributed by atoms with E-state index in [2.05, 4.69) is 14.7 Å². The number of thioether (sulfide) groups is 1. The van der Waals surface area contributed by atoms with Gasteiger partial charge in [0, 0.05) is 18.6 Å². The third-order valence-electron chi connectivity index (χ3n) is 2.66. The lowest BCUT2D eigenvalue weighted by molar-refractivity contribution is 0.201. The minimum atomic E-state index is -0.243. The molecule has 0 aliphatic heterocycles. The second-order valence-electron chi connectivity index (χ2n) is 3.82. The highest BCUT2D eigenvalue weighted by molar-refractivity contribution is 7.98. The van der Waals surface area contributed by atoms with Crippen molar-refractivity contribution in [3.63, 3.8) is 0 Å². The van der Waals surface area contributed by atoms with Gasteiger partial charge in [-0.1, -0.05) is 11.8 Å². The van der Waals surface area contributed by atoms with Gasteiger partial charge in [-0.25, -0.2) is 4.79 Å². The molecular formula is C11H14N4O2S2. The summed E-state index contributed by atoms with van der Waals surface area (Å²) in [6.07, 6.45) is 3.48. The van der Waals surface area contributed by atoms with Crippen molar-refractivity contribution < 1.29 is 9.21 Å². The Morgan fingerprint density at radius 3 is 3.00 bits per heavy atom. The lowest BCUT2D eigenvalue weighted by Crippen LogP contribution is -2.33. The van der Waals surface area contributed by atoms with Gasteiger partial charge in [0.1, 0.15) is 5.76 Å². The molecule has 1 atom stereocenters. The number of rotatable bonds is 4. The fourth-order valence-corrected chi connectivity index (χ4v) is 2.53. The maximum Gasteiger partial charge on any atom is 0.324 e. The predicted octanol–water partition coefficient (Wildman–Crippen LogP) is 3.08. The number of furan rings is 1. The molecule has 0 aromatic carbocycles. The van der Waals surface area contributed by atoms with Crippen molar-refractivity contribution in [3.05, 3.63) is 24.2 Å². The molecule has 0 bridgehead atoms. The highest BCUT2D eigenvalue weighted by Crippen LogP contribution is 2.21. The third-order valence-corrected chi connectivity index (χ3v) is 3.95. The zero-order chi connectivity index (χ0) is 13.8. The summed E-state index contributed by atoms with van der Waals surface area (Å²) >= 11 is 2.60. The molecular weight excluding hydrogens is 284 g/mol. The minimum absolute atomic E-state index is 0.150. The molecule has 0 fully saturated rings. The monoisotopic (exact) mass is 298 g/mol. The van der Waals surface area contributed by atoms with E-state index >= 15 is 0 Å². The molecule has 19 heavy (non-hydrogen) atoms. The molecule has 2 amide bonds. The minimum Gasteiger partial charge on any atom is -0.467 e. The van der Waals surface area contributed by atoms with Crippen LogP contribution >= 0.6 is 23.3 Å². The largest absolute Gasteiger partial charge is 0.467 e. The van der Waals surface area contributed by atoms with Crippen LogP contribution in [0.3, 0.4) is 0 Å². The second-order valence-corrected chi connectivity index (χ2v) is 5.34. The zero-order valence-corrected chi connectivity index (χ0v) is 12.4. The van der Waals surface area contributed by atoms with Crippen molar-refractivity contribution in [2.45, 2.75) is 18.1 Å². The van der Waals surface area contributed by atoms with E-state index in [1.807, 2.05) is 19.2 Å². The SMILES string of the molecule is CSc1nsc(NC(=O)N(C)C(C)c2ccco2)n1. The molecule has 0 radical (unpaired) electrons. The Morgan fingerprint density at radius 2 is 2.42 bits per heavy atom. The van der Waals surface area contributed by atoms with Gasteiger partial charge in [-0.05, 0) is 25.3 Å². The lowest BCUT2D eigenvalue weighted by atomic mass is 10.2. The Labute approximate surface area is 119 Å². The van der Waals surface area contributed by atoms with Crippen LogP contribution in [0, 0.1) is 0 Å². The predicted molar refractivity (Wildman–Crippen MR) is 75.6 cm³/mol. The quantitative estimate of drug-likeness (QED) is 0.878. The smallest absolute Gasteiger partial charge is 0.324 e. The Hall–Kier alpha value is -1.54. The first-order valence-corrected chi connectivity index (χ1v) is 7.56. The first-order valence-electron chi connectivity index (χ1n) is 5.56. The number of aromatic nitrogens is 2. The summed E-state index contributed by atoms with van der Waals surface area (Å²) in [5.74, 6) is 0.736. The zero-order valence-electron chi connectivity index (χ0n) is 10.8. The molecule has 8 heteroatoms. The van der Waals surface area contributed by atoms with E-state index in [0.717, 1.165) is 5.76 Å². The molecule has 2 rings (SSSR count). The van der Waals surface area contributed by atoms with Crippen LogP contribution in [0.15, 0.2) is 28.0 Å². The molecule has 2 heterocycles. The number of hydrogen-bond acceptors (Lipinski definition) is 6. The normalized spacial score (nSPS) is 12.2. The molecule has 6 nitrogen and oxygen atoms in total. The molecule has 0 aliphatic carbocycles. The first-order chi connectivity index (χ1) is 9.11. The van der Waals surface area contributed by atoms with Gasteiger partial charge in [0.05, 0.1) is 12.3 Å². The van der Waals surface area contributed by atoms with E-state index in [4.69, 9.17) is 4.42 Å². The molecule has 1 unspecified atom stereocenters. The molecule has 0 spiro atoms. The van der Waals surface area contributed by atoms with Gasteiger partial charge in [-0.2, -0.15) is 9.36 Å². The van der Waals surface area contributed by atoms with Crippen LogP contribution < -0.4 is 5.32 Å². The molecule has 102 valence electrons. The second kappa shape index (κ2) is 6.07. The van der Waals surface area contributed by atoms with Crippen molar-refractivity contribution in [2.24, 2.45) is 0 Å². The van der Waals surface area contributed by atoms with E-state index in [0.29, 0.717) is 10.3 Å². The van der Waals surface area contributed by atoms with Crippen LogP contribution in [0.5, 0.6) is 0 Å². The number of amides is 2. The fraction of sp³-hybridized carbons (Fsp3) is 0.364. The number of hydrogen-bond donors (Lipinski definition) is 1. The summed E-state index contributed by atoms with van der Waals surface area (Å²) in [6.45, 7) is 1.89. The van der Waals surface area contributed by atoms with E-state index in [9.17, 15) is 4.79 Å². The third kappa shape index (κ3) is 3.27. The lowest BCUT2D eigenvalue weighted by Gasteiger charge is -2.22. The van der Waals surface area contributed by atoms with Gasteiger partial charge in [0.25, 0.3) is 0 Å². The van der Waals surface area contributed by atoms with E-state index in [1.165, 1.54) is 23.3 Å². The maximum atomic E-state index is 12.1. The van der Waals surface area contributed by atoms with Crippen LogP contribution in [0.2, 0.25) is 0 Å². The van der Waals surface area contributed by atoms with Crippen molar-refractivity contribution in [2.75, 3.05) is 18.6 Å².